The molecule has 0 aliphatic heterocycles. The summed E-state index contributed by atoms with van der Waals surface area (Å²) in [7, 11) is -2.12. The first-order valence-corrected chi connectivity index (χ1v) is 7.90. The highest BCUT2D eigenvalue weighted by atomic mass is 32.2. The summed E-state index contributed by atoms with van der Waals surface area (Å²) in [6.45, 7) is 8.12. The number of nitrogens with one attached hydrogen (secondary N) is 1. The fourth-order valence-corrected chi connectivity index (χ4v) is 4.03. The lowest BCUT2D eigenvalue weighted by molar-refractivity contribution is 0.141. The molecule has 8 heteroatoms. The van der Waals surface area contributed by atoms with Gasteiger partial charge in [-0.15, -0.1) is 0 Å². The predicted molar refractivity (Wildman–Crippen MR) is 77.0 cm³/mol. The number of hydrogen-bond acceptors (Lipinski definition) is 5. The number of ether oxygens (including phenoxy) is 1. The number of sulfonamides is 1. The maximum Gasteiger partial charge on any atom is 0.244 e. The van der Waals surface area contributed by atoms with E-state index in [2.05, 4.69) is 9.82 Å². The Hall–Kier alpha value is -0.960. The molecule has 0 aromatic carbocycles. The van der Waals surface area contributed by atoms with Crippen molar-refractivity contribution >= 4 is 10.0 Å². The highest BCUT2D eigenvalue weighted by Crippen LogP contribution is 2.21. The molecule has 0 atom stereocenters. The van der Waals surface area contributed by atoms with Crippen LogP contribution in [0.15, 0.2) is 4.90 Å². The molecule has 0 aliphatic rings. The molecule has 20 heavy (non-hydrogen) atoms. The molecular formula is C12H24N4O3S. The van der Waals surface area contributed by atoms with E-state index in [0.29, 0.717) is 24.5 Å². The lowest BCUT2D eigenvalue weighted by atomic mass is 10.1. The molecule has 1 heterocycles. The number of nitrogens with two attached hydrogens (primary N) is 1. The molecule has 0 fully saturated rings. The Labute approximate surface area is 120 Å². The van der Waals surface area contributed by atoms with Crippen molar-refractivity contribution in [1.29, 1.82) is 0 Å². The minimum absolute atomic E-state index is 0.218. The number of rotatable bonds is 7. The molecule has 0 aliphatic carbocycles. The van der Waals surface area contributed by atoms with Crippen LogP contribution < -0.4 is 10.5 Å². The minimum atomic E-state index is -3.65. The first kappa shape index (κ1) is 17.1. The molecule has 0 spiro atoms. The van der Waals surface area contributed by atoms with Crippen LogP contribution in [-0.4, -0.2) is 44.0 Å². The molecule has 116 valence electrons. The van der Waals surface area contributed by atoms with E-state index in [9.17, 15) is 8.42 Å². The zero-order valence-electron chi connectivity index (χ0n) is 12.7. The first-order chi connectivity index (χ1) is 9.14. The molecule has 1 rings (SSSR count). The lowest BCUT2D eigenvalue weighted by Gasteiger charge is -2.25. The van der Waals surface area contributed by atoms with Gasteiger partial charge in [-0.25, -0.2) is 13.1 Å². The molecule has 1 aromatic rings. The Bertz CT molecular complexity index is 564. The van der Waals surface area contributed by atoms with E-state index >= 15 is 0 Å². The SMILES string of the molecule is COCC(C)(C)NS(=O)(=O)c1c(C)nn(CCN)c1C. The maximum atomic E-state index is 12.5. The third kappa shape index (κ3) is 3.78. The van der Waals surface area contributed by atoms with E-state index in [-0.39, 0.29) is 11.5 Å². The Balaban J connectivity index is 3.16. The van der Waals surface area contributed by atoms with Crippen molar-refractivity contribution < 1.29 is 13.2 Å². The summed E-state index contributed by atoms with van der Waals surface area (Å²) >= 11 is 0. The van der Waals surface area contributed by atoms with Crippen molar-refractivity contribution in [1.82, 2.24) is 14.5 Å². The van der Waals surface area contributed by atoms with Crippen LogP contribution in [0, 0.1) is 13.8 Å². The van der Waals surface area contributed by atoms with Gasteiger partial charge in [-0.3, -0.25) is 4.68 Å². The molecule has 0 saturated heterocycles. The number of hydrogen-bond donors (Lipinski definition) is 2. The minimum Gasteiger partial charge on any atom is -0.383 e. The zero-order chi connectivity index (χ0) is 15.6. The fourth-order valence-electron chi connectivity index (χ4n) is 2.21. The van der Waals surface area contributed by atoms with Crippen molar-refractivity contribution in [3.63, 3.8) is 0 Å². The zero-order valence-corrected chi connectivity index (χ0v) is 13.5. The molecule has 0 radical (unpaired) electrons. The quantitative estimate of drug-likeness (QED) is 0.747. The summed E-state index contributed by atoms with van der Waals surface area (Å²) in [5.74, 6) is 0. The molecule has 7 nitrogen and oxygen atoms in total. The average Bonchev–Trinajstić information content (AvgIpc) is 2.53. The van der Waals surface area contributed by atoms with E-state index in [1.165, 1.54) is 7.11 Å². The van der Waals surface area contributed by atoms with Crippen molar-refractivity contribution in [3.8, 4) is 0 Å². The van der Waals surface area contributed by atoms with Gasteiger partial charge in [0.2, 0.25) is 10.0 Å². The first-order valence-electron chi connectivity index (χ1n) is 6.41. The van der Waals surface area contributed by atoms with Crippen LogP contribution in [-0.2, 0) is 21.3 Å². The fraction of sp³-hybridized carbons (Fsp3) is 0.750. The lowest BCUT2D eigenvalue weighted by Crippen LogP contribution is -2.46. The van der Waals surface area contributed by atoms with Gasteiger partial charge in [-0.1, -0.05) is 0 Å². The predicted octanol–water partition coefficient (Wildman–Crippen LogP) is 0.162. The summed E-state index contributed by atoms with van der Waals surface area (Å²) in [6.07, 6.45) is 0. The highest BCUT2D eigenvalue weighted by molar-refractivity contribution is 7.89. The molecule has 3 N–H and O–H groups in total. The van der Waals surface area contributed by atoms with Crippen molar-refractivity contribution in [2.75, 3.05) is 20.3 Å². The van der Waals surface area contributed by atoms with E-state index in [4.69, 9.17) is 10.5 Å². The topological polar surface area (TPSA) is 99.2 Å². The number of methoxy groups -OCH3 is 1. The van der Waals surface area contributed by atoms with Gasteiger partial charge in [0.15, 0.2) is 0 Å². The smallest absolute Gasteiger partial charge is 0.244 e. The van der Waals surface area contributed by atoms with Crippen LogP contribution in [0.5, 0.6) is 0 Å². The summed E-state index contributed by atoms with van der Waals surface area (Å²) in [5, 5.41) is 4.23. The van der Waals surface area contributed by atoms with Crippen LogP contribution in [0.3, 0.4) is 0 Å². The van der Waals surface area contributed by atoms with E-state index < -0.39 is 15.6 Å². The van der Waals surface area contributed by atoms with Gasteiger partial charge in [0, 0.05) is 13.7 Å². The van der Waals surface area contributed by atoms with Gasteiger partial charge in [-0.2, -0.15) is 5.10 Å². The normalized spacial score (nSPS) is 12.9. The largest absolute Gasteiger partial charge is 0.383 e. The molecule has 0 saturated carbocycles. The highest BCUT2D eigenvalue weighted by Gasteiger charge is 2.30. The Morgan fingerprint density at radius 2 is 2.00 bits per heavy atom. The number of nitrogens with zero attached hydrogens (tertiary/aromatic N) is 2. The van der Waals surface area contributed by atoms with Crippen molar-refractivity contribution in [2.24, 2.45) is 5.73 Å². The molecular weight excluding hydrogens is 280 g/mol. The molecule has 1 aromatic heterocycles. The van der Waals surface area contributed by atoms with Crippen LogP contribution in [0.2, 0.25) is 0 Å². The average molecular weight is 304 g/mol. The molecule has 0 amide bonds. The van der Waals surface area contributed by atoms with Crippen LogP contribution in [0.4, 0.5) is 0 Å². The van der Waals surface area contributed by atoms with Gasteiger partial charge >= 0.3 is 0 Å². The second kappa shape index (κ2) is 6.21. The van der Waals surface area contributed by atoms with Crippen molar-refractivity contribution in [3.05, 3.63) is 11.4 Å². The van der Waals surface area contributed by atoms with Crippen LogP contribution in [0.1, 0.15) is 25.2 Å². The standard InChI is InChI=1S/C12H24N4O3S/c1-9-11(10(2)16(14-9)7-6-13)20(17,18)15-12(3,4)8-19-5/h15H,6-8,13H2,1-5H3. The van der Waals surface area contributed by atoms with E-state index in [1.54, 1.807) is 32.4 Å². The van der Waals surface area contributed by atoms with Crippen LogP contribution >= 0.6 is 0 Å². The second-order valence-corrected chi connectivity index (χ2v) is 7.05. The van der Waals surface area contributed by atoms with Gasteiger partial charge in [-0.05, 0) is 27.7 Å². The van der Waals surface area contributed by atoms with Gasteiger partial charge in [0.05, 0.1) is 30.1 Å². The second-order valence-electron chi connectivity index (χ2n) is 5.43. The monoisotopic (exact) mass is 304 g/mol. The summed E-state index contributed by atoms with van der Waals surface area (Å²) in [6, 6.07) is 0. The third-order valence-electron chi connectivity index (χ3n) is 2.84. The Morgan fingerprint density at radius 1 is 1.40 bits per heavy atom. The number of aryl methyl sites for hydroxylation is 1. The summed E-state index contributed by atoms with van der Waals surface area (Å²) in [4.78, 5) is 0.218. The Kier molecular flexibility index (Phi) is 5.31. The van der Waals surface area contributed by atoms with Crippen molar-refractivity contribution in [2.45, 2.75) is 44.7 Å². The third-order valence-corrected chi connectivity index (χ3v) is 4.79. The summed E-state index contributed by atoms with van der Waals surface area (Å²) in [5.41, 5.74) is 5.87. The van der Waals surface area contributed by atoms with Gasteiger partial charge < -0.3 is 10.5 Å². The van der Waals surface area contributed by atoms with E-state index in [0.717, 1.165) is 0 Å². The Morgan fingerprint density at radius 3 is 2.50 bits per heavy atom. The van der Waals surface area contributed by atoms with Crippen LogP contribution in [0.25, 0.3) is 0 Å². The number of aromatic nitrogens is 2. The van der Waals surface area contributed by atoms with E-state index in [1.807, 2.05) is 0 Å². The molecule has 0 unspecified atom stereocenters. The summed E-state index contributed by atoms with van der Waals surface area (Å²) < 4.78 is 34.4. The molecule has 0 bridgehead atoms. The van der Waals surface area contributed by atoms with Gasteiger partial charge in [0.1, 0.15) is 4.90 Å². The maximum absolute atomic E-state index is 12.5. The van der Waals surface area contributed by atoms with Gasteiger partial charge in [0.25, 0.3) is 0 Å².